The zero-order chi connectivity index (χ0) is 13.5. The summed E-state index contributed by atoms with van der Waals surface area (Å²) in [4.78, 5) is 13.6. The molecule has 0 aromatic heterocycles. The van der Waals surface area contributed by atoms with Gasteiger partial charge in [0.25, 0.3) is 0 Å². The molecule has 0 bridgehead atoms. The molecule has 1 amide bonds. The van der Waals surface area contributed by atoms with E-state index in [9.17, 15) is 4.79 Å². The Morgan fingerprint density at radius 3 is 2.41 bits per heavy atom. The molecule has 0 aliphatic heterocycles. The molecule has 4 heteroatoms. The van der Waals surface area contributed by atoms with Gasteiger partial charge in [-0.3, -0.25) is 4.79 Å². The average Bonchev–Trinajstić information content (AvgIpc) is 2.22. The van der Waals surface area contributed by atoms with Gasteiger partial charge < -0.3 is 14.7 Å². The van der Waals surface area contributed by atoms with E-state index >= 15 is 0 Å². The molecule has 0 aliphatic carbocycles. The molecule has 0 saturated heterocycles. The molecule has 0 aliphatic rings. The molecular weight excluding hydrogens is 218 g/mol. The number of nitrogens with zero attached hydrogens (tertiary/aromatic N) is 1. The van der Waals surface area contributed by atoms with E-state index in [1.165, 1.54) is 0 Å². The lowest BCUT2D eigenvalue weighted by Crippen LogP contribution is -2.33. The number of aliphatic hydroxyl groups excluding tert-OH is 1. The lowest BCUT2D eigenvalue weighted by molar-refractivity contribution is -0.132. The molecule has 17 heavy (non-hydrogen) atoms. The van der Waals surface area contributed by atoms with Crippen molar-refractivity contribution in [3.63, 3.8) is 0 Å². The Hall–Kier alpha value is -0.610. The van der Waals surface area contributed by atoms with Gasteiger partial charge in [0.15, 0.2) is 0 Å². The van der Waals surface area contributed by atoms with Crippen LogP contribution >= 0.6 is 0 Å². The fourth-order valence-electron chi connectivity index (χ4n) is 1.22. The summed E-state index contributed by atoms with van der Waals surface area (Å²) in [5.74, 6) is 0.510. The van der Waals surface area contributed by atoms with E-state index in [2.05, 4.69) is 27.7 Å². The smallest absolute Gasteiger partial charge is 0.222 e. The minimum absolute atomic E-state index is 0.0265. The van der Waals surface area contributed by atoms with Gasteiger partial charge in [0.05, 0.1) is 19.8 Å². The Morgan fingerprint density at radius 1 is 1.35 bits per heavy atom. The Balaban J connectivity index is 3.89. The molecule has 0 saturated carbocycles. The predicted octanol–water partition coefficient (Wildman–Crippen LogP) is 1.53. The van der Waals surface area contributed by atoms with Crippen LogP contribution in [0.2, 0.25) is 0 Å². The molecule has 102 valence electrons. The normalized spacial score (nSPS) is 13.5. The maximum absolute atomic E-state index is 11.9. The lowest BCUT2D eigenvalue weighted by Gasteiger charge is -2.28. The van der Waals surface area contributed by atoms with Crippen molar-refractivity contribution >= 4 is 5.91 Å². The van der Waals surface area contributed by atoms with Gasteiger partial charge in [-0.15, -0.1) is 0 Å². The number of hydrogen-bond donors (Lipinski definition) is 1. The number of rotatable bonds is 7. The number of aliphatic hydroxyl groups is 1. The second-order valence-corrected chi connectivity index (χ2v) is 5.62. The van der Waals surface area contributed by atoms with Crippen LogP contribution in [-0.2, 0) is 9.53 Å². The number of hydrogen-bond acceptors (Lipinski definition) is 3. The Kier molecular flexibility index (Phi) is 7.39. The van der Waals surface area contributed by atoms with Gasteiger partial charge in [-0.1, -0.05) is 27.7 Å². The van der Waals surface area contributed by atoms with Gasteiger partial charge in [0, 0.05) is 20.0 Å². The number of carbonyl (C=O) groups excluding carboxylic acids is 1. The highest BCUT2D eigenvalue weighted by Crippen LogP contribution is 2.28. The van der Waals surface area contributed by atoms with Crippen molar-refractivity contribution in [1.82, 2.24) is 4.90 Å². The fourth-order valence-corrected chi connectivity index (χ4v) is 1.22. The second kappa shape index (κ2) is 7.67. The first-order valence-electron chi connectivity index (χ1n) is 6.21. The SMILES string of the molecule is CC(CC(=O)N(C)CCOCCO)C(C)(C)C. The maximum atomic E-state index is 11.9. The van der Waals surface area contributed by atoms with Crippen molar-refractivity contribution in [1.29, 1.82) is 0 Å². The van der Waals surface area contributed by atoms with E-state index in [-0.39, 0.29) is 17.9 Å². The Labute approximate surface area is 105 Å². The standard InChI is InChI=1S/C13H27NO3/c1-11(13(2,3)4)10-12(16)14(5)6-8-17-9-7-15/h11,15H,6-10H2,1-5H3. The van der Waals surface area contributed by atoms with E-state index in [1.54, 1.807) is 11.9 Å². The summed E-state index contributed by atoms with van der Waals surface area (Å²) in [6.07, 6.45) is 0.569. The van der Waals surface area contributed by atoms with E-state index in [1.807, 2.05) is 0 Å². The van der Waals surface area contributed by atoms with Gasteiger partial charge in [-0.05, 0) is 11.3 Å². The van der Waals surface area contributed by atoms with E-state index in [0.29, 0.717) is 32.1 Å². The molecule has 0 spiro atoms. The van der Waals surface area contributed by atoms with Crippen LogP contribution in [0.5, 0.6) is 0 Å². The summed E-state index contributed by atoms with van der Waals surface area (Å²) >= 11 is 0. The molecule has 0 rings (SSSR count). The highest BCUT2D eigenvalue weighted by Gasteiger charge is 2.23. The highest BCUT2D eigenvalue weighted by molar-refractivity contribution is 5.76. The first kappa shape index (κ1) is 16.4. The van der Waals surface area contributed by atoms with Gasteiger partial charge in [0.1, 0.15) is 0 Å². The van der Waals surface area contributed by atoms with Crippen LogP contribution in [0.25, 0.3) is 0 Å². The minimum atomic E-state index is 0.0265. The van der Waals surface area contributed by atoms with Crippen molar-refractivity contribution in [2.75, 3.05) is 33.4 Å². The monoisotopic (exact) mass is 245 g/mol. The van der Waals surface area contributed by atoms with Crippen molar-refractivity contribution in [3.05, 3.63) is 0 Å². The summed E-state index contributed by atoms with van der Waals surface area (Å²) in [6, 6.07) is 0. The third-order valence-electron chi connectivity index (χ3n) is 3.19. The average molecular weight is 245 g/mol. The van der Waals surface area contributed by atoms with Gasteiger partial charge >= 0.3 is 0 Å². The number of amides is 1. The second-order valence-electron chi connectivity index (χ2n) is 5.62. The summed E-state index contributed by atoms with van der Waals surface area (Å²) in [7, 11) is 1.79. The molecule has 0 aromatic carbocycles. The molecule has 4 nitrogen and oxygen atoms in total. The van der Waals surface area contributed by atoms with E-state index in [4.69, 9.17) is 9.84 Å². The summed E-state index contributed by atoms with van der Waals surface area (Å²) in [5.41, 5.74) is 0.157. The fraction of sp³-hybridized carbons (Fsp3) is 0.923. The van der Waals surface area contributed by atoms with Crippen LogP contribution in [0.15, 0.2) is 0 Å². The molecule has 1 unspecified atom stereocenters. The van der Waals surface area contributed by atoms with E-state index in [0.717, 1.165) is 0 Å². The summed E-state index contributed by atoms with van der Waals surface area (Å²) < 4.78 is 5.13. The molecule has 0 radical (unpaired) electrons. The summed E-state index contributed by atoms with van der Waals surface area (Å²) in [6.45, 7) is 9.97. The largest absolute Gasteiger partial charge is 0.394 e. The zero-order valence-corrected chi connectivity index (χ0v) is 11.8. The number of likely N-dealkylation sites (N-methyl/N-ethyl adjacent to an activating group) is 1. The lowest BCUT2D eigenvalue weighted by atomic mass is 9.80. The van der Waals surface area contributed by atoms with Crippen LogP contribution in [-0.4, -0.2) is 49.3 Å². The van der Waals surface area contributed by atoms with Crippen molar-refractivity contribution in [2.24, 2.45) is 11.3 Å². The molecule has 0 fully saturated rings. The number of carbonyl (C=O) groups is 1. The van der Waals surface area contributed by atoms with E-state index < -0.39 is 0 Å². The maximum Gasteiger partial charge on any atom is 0.222 e. The topological polar surface area (TPSA) is 49.8 Å². The van der Waals surface area contributed by atoms with Crippen LogP contribution in [0.3, 0.4) is 0 Å². The minimum Gasteiger partial charge on any atom is -0.394 e. The molecule has 0 aromatic rings. The quantitative estimate of drug-likeness (QED) is 0.692. The molecule has 1 N–H and O–H groups in total. The summed E-state index contributed by atoms with van der Waals surface area (Å²) in [5, 5.41) is 8.54. The van der Waals surface area contributed by atoms with Crippen LogP contribution < -0.4 is 0 Å². The first-order chi connectivity index (χ1) is 7.79. The van der Waals surface area contributed by atoms with Crippen molar-refractivity contribution in [3.8, 4) is 0 Å². The predicted molar refractivity (Wildman–Crippen MR) is 68.8 cm³/mol. The molecule has 0 heterocycles. The Morgan fingerprint density at radius 2 is 1.94 bits per heavy atom. The van der Waals surface area contributed by atoms with Crippen LogP contribution in [0.1, 0.15) is 34.1 Å². The van der Waals surface area contributed by atoms with Crippen molar-refractivity contribution in [2.45, 2.75) is 34.1 Å². The van der Waals surface area contributed by atoms with Gasteiger partial charge in [-0.25, -0.2) is 0 Å². The third kappa shape index (κ3) is 7.34. The highest BCUT2D eigenvalue weighted by atomic mass is 16.5. The molecule has 1 atom stereocenters. The zero-order valence-electron chi connectivity index (χ0n) is 11.8. The van der Waals surface area contributed by atoms with Crippen molar-refractivity contribution < 1.29 is 14.6 Å². The van der Waals surface area contributed by atoms with Gasteiger partial charge in [-0.2, -0.15) is 0 Å². The van der Waals surface area contributed by atoms with Crippen LogP contribution in [0, 0.1) is 11.3 Å². The third-order valence-corrected chi connectivity index (χ3v) is 3.19. The Bertz CT molecular complexity index is 223. The molecular formula is C13H27NO3. The van der Waals surface area contributed by atoms with Gasteiger partial charge in [0.2, 0.25) is 5.91 Å². The number of ether oxygens (including phenoxy) is 1. The van der Waals surface area contributed by atoms with Crippen LogP contribution in [0.4, 0.5) is 0 Å². The first-order valence-corrected chi connectivity index (χ1v) is 6.21.